The smallest absolute Gasteiger partial charge is 0.205 e. The molecule has 0 spiro atoms. The molecular formula is C20H13Cl2FN2O3S. The van der Waals surface area contributed by atoms with E-state index in [1.165, 1.54) is 23.5 Å². The molecule has 0 unspecified atom stereocenters. The highest BCUT2D eigenvalue weighted by Crippen LogP contribution is 2.42. The van der Waals surface area contributed by atoms with Gasteiger partial charge in [0.05, 0.1) is 15.3 Å². The molecule has 1 atom stereocenters. The SMILES string of the molecule is C[C@@H](Oc1c(N)ncc2c(-c3ccc(C=O)s3)coc12)c1c(Cl)ccc(F)c1Cl. The van der Waals surface area contributed by atoms with Crippen molar-refractivity contribution in [3.63, 3.8) is 0 Å². The van der Waals surface area contributed by atoms with E-state index in [2.05, 4.69) is 4.98 Å². The average molecular weight is 451 g/mol. The summed E-state index contributed by atoms with van der Waals surface area (Å²) >= 11 is 13.6. The van der Waals surface area contributed by atoms with Crippen molar-refractivity contribution in [2.75, 3.05) is 5.73 Å². The number of halogens is 3. The van der Waals surface area contributed by atoms with Gasteiger partial charge in [0, 0.05) is 27.2 Å². The molecule has 4 aromatic rings. The number of ether oxygens (including phenoxy) is 1. The molecule has 0 saturated heterocycles. The maximum atomic E-state index is 13.9. The summed E-state index contributed by atoms with van der Waals surface area (Å²) in [6.07, 6.45) is 3.18. The first-order chi connectivity index (χ1) is 13.9. The van der Waals surface area contributed by atoms with E-state index >= 15 is 0 Å². The summed E-state index contributed by atoms with van der Waals surface area (Å²) in [4.78, 5) is 16.6. The number of anilines is 1. The Morgan fingerprint density at radius 2 is 2.10 bits per heavy atom. The van der Waals surface area contributed by atoms with Gasteiger partial charge >= 0.3 is 0 Å². The standard InChI is InChI=1S/C20H13Cl2FN2O3S/c1-9(16-13(21)3-4-14(23)17(16)22)28-19-18-11(6-25-20(19)24)12(8-27-18)15-5-2-10(7-26)29-15/h2-9H,1H3,(H2,24,25)/t9-/m1/s1. The van der Waals surface area contributed by atoms with Crippen LogP contribution in [0.5, 0.6) is 5.75 Å². The van der Waals surface area contributed by atoms with Crippen molar-refractivity contribution in [2.45, 2.75) is 13.0 Å². The lowest BCUT2D eigenvalue weighted by molar-refractivity contribution is 0.112. The molecular weight excluding hydrogens is 438 g/mol. The summed E-state index contributed by atoms with van der Waals surface area (Å²) in [6.45, 7) is 1.67. The normalized spacial score (nSPS) is 12.3. The van der Waals surface area contributed by atoms with Crippen molar-refractivity contribution >= 4 is 57.6 Å². The zero-order chi connectivity index (χ0) is 20.7. The summed E-state index contributed by atoms with van der Waals surface area (Å²) < 4.78 is 25.6. The minimum atomic E-state index is -0.725. The molecule has 148 valence electrons. The minimum Gasteiger partial charge on any atom is -0.478 e. The average Bonchev–Trinajstić information content (AvgIpc) is 3.34. The number of hydrogen-bond acceptors (Lipinski definition) is 6. The summed E-state index contributed by atoms with van der Waals surface area (Å²) in [6, 6.07) is 6.14. The molecule has 9 heteroatoms. The molecule has 2 N–H and O–H groups in total. The van der Waals surface area contributed by atoms with Crippen LogP contribution in [0.25, 0.3) is 21.4 Å². The van der Waals surface area contributed by atoms with Gasteiger partial charge in [-0.1, -0.05) is 23.2 Å². The van der Waals surface area contributed by atoms with Gasteiger partial charge in [-0.15, -0.1) is 11.3 Å². The Balaban J connectivity index is 1.77. The van der Waals surface area contributed by atoms with Crippen LogP contribution < -0.4 is 10.5 Å². The van der Waals surface area contributed by atoms with Crippen LogP contribution in [0.2, 0.25) is 10.0 Å². The number of carbonyl (C=O) groups is 1. The molecule has 3 heterocycles. The van der Waals surface area contributed by atoms with Gasteiger partial charge in [0.25, 0.3) is 0 Å². The maximum absolute atomic E-state index is 13.9. The molecule has 29 heavy (non-hydrogen) atoms. The fraction of sp³-hybridized carbons (Fsp3) is 0.100. The molecule has 0 aliphatic heterocycles. The van der Waals surface area contributed by atoms with Crippen LogP contribution in [0.1, 0.15) is 28.3 Å². The van der Waals surface area contributed by atoms with Crippen LogP contribution in [-0.4, -0.2) is 11.3 Å². The van der Waals surface area contributed by atoms with Gasteiger partial charge in [0.15, 0.2) is 17.7 Å². The second kappa shape index (κ2) is 7.67. The summed E-state index contributed by atoms with van der Waals surface area (Å²) in [5.74, 6) is -0.298. The van der Waals surface area contributed by atoms with Crippen molar-refractivity contribution < 1.29 is 18.3 Å². The number of aldehydes is 1. The Hall–Kier alpha value is -2.61. The first-order valence-corrected chi connectivity index (χ1v) is 9.99. The molecule has 0 fully saturated rings. The van der Waals surface area contributed by atoms with Crippen molar-refractivity contribution in [1.82, 2.24) is 4.98 Å². The van der Waals surface area contributed by atoms with Crippen LogP contribution in [0.4, 0.5) is 10.2 Å². The Morgan fingerprint density at radius 3 is 2.83 bits per heavy atom. The van der Waals surface area contributed by atoms with E-state index in [9.17, 15) is 9.18 Å². The number of nitrogens with zero attached hydrogens (tertiary/aromatic N) is 1. The van der Waals surface area contributed by atoms with E-state index < -0.39 is 11.9 Å². The quantitative estimate of drug-likeness (QED) is 0.276. The Morgan fingerprint density at radius 1 is 1.31 bits per heavy atom. The summed E-state index contributed by atoms with van der Waals surface area (Å²) in [5.41, 5.74) is 7.44. The lowest BCUT2D eigenvalue weighted by Gasteiger charge is -2.18. The number of benzene rings is 1. The number of furan rings is 1. The van der Waals surface area contributed by atoms with Crippen molar-refractivity contribution in [3.05, 3.63) is 63.0 Å². The van der Waals surface area contributed by atoms with E-state index in [-0.39, 0.29) is 21.6 Å². The van der Waals surface area contributed by atoms with Gasteiger partial charge in [-0.05, 0) is 31.2 Å². The third kappa shape index (κ3) is 3.46. The number of aromatic nitrogens is 1. The molecule has 4 rings (SSSR count). The fourth-order valence-electron chi connectivity index (χ4n) is 3.00. The van der Waals surface area contributed by atoms with Crippen LogP contribution in [0, 0.1) is 5.82 Å². The van der Waals surface area contributed by atoms with Crippen molar-refractivity contribution in [1.29, 1.82) is 0 Å². The molecule has 0 aliphatic rings. The van der Waals surface area contributed by atoms with Crippen LogP contribution in [0.15, 0.2) is 41.1 Å². The highest BCUT2D eigenvalue weighted by molar-refractivity contribution is 7.17. The number of nitrogen functional groups attached to an aromatic ring is 1. The van der Waals surface area contributed by atoms with Gasteiger partial charge < -0.3 is 14.9 Å². The van der Waals surface area contributed by atoms with E-state index in [0.717, 1.165) is 16.7 Å². The van der Waals surface area contributed by atoms with Crippen molar-refractivity contribution in [3.8, 4) is 16.2 Å². The zero-order valence-corrected chi connectivity index (χ0v) is 17.2. The molecule has 0 amide bonds. The second-order valence-electron chi connectivity index (χ2n) is 6.20. The zero-order valence-electron chi connectivity index (χ0n) is 14.9. The van der Waals surface area contributed by atoms with E-state index in [4.69, 9.17) is 38.1 Å². The first-order valence-electron chi connectivity index (χ1n) is 8.41. The summed E-state index contributed by atoms with van der Waals surface area (Å²) in [5, 5.41) is 0.809. The van der Waals surface area contributed by atoms with Gasteiger partial charge in [-0.25, -0.2) is 9.37 Å². The molecule has 0 radical (unpaired) electrons. The van der Waals surface area contributed by atoms with Crippen molar-refractivity contribution in [2.24, 2.45) is 0 Å². The predicted octanol–water partition coefficient (Wildman–Crippen LogP) is 6.54. The number of carbonyl (C=O) groups excluding carboxylic acids is 1. The fourth-order valence-corrected chi connectivity index (χ4v) is 4.52. The van der Waals surface area contributed by atoms with E-state index in [0.29, 0.717) is 21.4 Å². The number of pyridine rings is 1. The molecule has 1 aromatic carbocycles. The second-order valence-corrected chi connectivity index (χ2v) is 8.10. The van der Waals surface area contributed by atoms with E-state index in [1.54, 1.807) is 25.5 Å². The van der Waals surface area contributed by atoms with Crippen LogP contribution in [-0.2, 0) is 0 Å². The summed E-state index contributed by atoms with van der Waals surface area (Å²) in [7, 11) is 0. The van der Waals surface area contributed by atoms with Crippen LogP contribution in [0.3, 0.4) is 0 Å². The minimum absolute atomic E-state index is 0.105. The lowest BCUT2D eigenvalue weighted by Crippen LogP contribution is -2.08. The Bertz CT molecular complexity index is 1240. The maximum Gasteiger partial charge on any atom is 0.205 e. The predicted molar refractivity (Wildman–Crippen MR) is 113 cm³/mol. The van der Waals surface area contributed by atoms with Gasteiger partial charge in [-0.2, -0.15) is 0 Å². The number of nitrogens with two attached hydrogens (primary N) is 1. The van der Waals surface area contributed by atoms with Gasteiger partial charge in [0.2, 0.25) is 5.75 Å². The molecule has 0 aliphatic carbocycles. The molecule has 0 saturated carbocycles. The Kier molecular flexibility index (Phi) is 5.21. The van der Waals surface area contributed by atoms with Gasteiger partial charge in [-0.3, -0.25) is 4.79 Å². The van der Waals surface area contributed by atoms with Crippen LogP contribution >= 0.6 is 34.5 Å². The highest BCUT2D eigenvalue weighted by atomic mass is 35.5. The first kappa shape index (κ1) is 19.7. The molecule has 5 nitrogen and oxygen atoms in total. The highest BCUT2D eigenvalue weighted by Gasteiger charge is 2.23. The number of thiophene rings is 1. The number of hydrogen-bond donors (Lipinski definition) is 1. The van der Waals surface area contributed by atoms with Gasteiger partial charge in [0.1, 0.15) is 18.2 Å². The third-order valence-corrected chi connectivity index (χ3v) is 6.15. The molecule has 3 aromatic heterocycles. The van der Waals surface area contributed by atoms with E-state index in [1.807, 2.05) is 6.07 Å². The number of rotatable bonds is 5. The Labute approximate surface area is 178 Å². The monoisotopic (exact) mass is 450 g/mol. The lowest BCUT2D eigenvalue weighted by atomic mass is 10.1. The topological polar surface area (TPSA) is 78.4 Å². The largest absolute Gasteiger partial charge is 0.478 e. The molecule has 0 bridgehead atoms. The third-order valence-electron chi connectivity index (χ3n) is 4.39. The number of fused-ring (bicyclic) bond motifs is 1.